The summed E-state index contributed by atoms with van der Waals surface area (Å²) in [6.07, 6.45) is 1.81. The van der Waals surface area contributed by atoms with E-state index >= 15 is 0 Å². The molecule has 0 atom stereocenters. The Bertz CT molecular complexity index is 1210. The van der Waals surface area contributed by atoms with Gasteiger partial charge >= 0.3 is 5.97 Å². The Balaban J connectivity index is 2.02. The van der Waals surface area contributed by atoms with Crippen LogP contribution in [0.1, 0.15) is 48.5 Å². The number of aryl methyl sites for hydroxylation is 1. The number of nitro benzene ring substituents is 1. The molecule has 0 fully saturated rings. The van der Waals surface area contributed by atoms with Crippen molar-refractivity contribution in [1.29, 1.82) is 0 Å². The van der Waals surface area contributed by atoms with E-state index in [1.165, 1.54) is 6.07 Å². The third kappa shape index (κ3) is 5.70. The molecule has 34 heavy (non-hydrogen) atoms. The number of nitrogens with zero attached hydrogens (tertiary/aromatic N) is 2. The summed E-state index contributed by atoms with van der Waals surface area (Å²) in [5, 5.41) is 22.0. The summed E-state index contributed by atoms with van der Waals surface area (Å²) >= 11 is 0. The van der Waals surface area contributed by atoms with Gasteiger partial charge in [-0.3, -0.25) is 19.7 Å². The molecule has 0 aliphatic carbocycles. The summed E-state index contributed by atoms with van der Waals surface area (Å²) in [6.45, 7) is 4.38. The second-order valence-electron chi connectivity index (χ2n) is 7.98. The Morgan fingerprint density at radius 3 is 2.44 bits per heavy atom. The van der Waals surface area contributed by atoms with Crippen molar-refractivity contribution in [3.05, 3.63) is 75.8 Å². The molecule has 0 aromatic heterocycles. The van der Waals surface area contributed by atoms with E-state index < -0.39 is 10.9 Å². The highest BCUT2D eigenvalue weighted by Gasteiger charge is 2.23. The van der Waals surface area contributed by atoms with E-state index in [1.807, 2.05) is 43.3 Å². The molecule has 178 valence electrons. The number of carboxylic acids is 1. The molecule has 3 rings (SSSR count). The van der Waals surface area contributed by atoms with Crippen molar-refractivity contribution in [2.24, 2.45) is 0 Å². The topological polar surface area (TPSA) is 110 Å². The van der Waals surface area contributed by atoms with Crippen LogP contribution >= 0.6 is 0 Å². The molecular formula is C26H28N2O6. The first-order chi connectivity index (χ1) is 16.3. The van der Waals surface area contributed by atoms with Gasteiger partial charge in [-0.2, -0.15) is 0 Å². The molecule has 1 amide bonds. The minimum absolute atomic E-state index is 0.0735. The van der Waals surface area contributed by atoms with E-state index in [1.54, 1.807) is 24.0 Å². The number of hydrogen-bond donors (Lipinski definition) is 1. The van der Waals surface area contributed by atoms with Gasteiger partial charge in [0.05, 0.1) is 17.2 Å². The highest BCUT2D eigenvalue weighted by Crippen LogP contribution is 2.35. The van der Waals surface area contributed by atoms with Gasteiger partial charge in [0.15, 0.2) is 0 Å². The number of amides is 1. The highest BCUT2D eigenvalue weighted by atomic mass is 16.6. The number of carbonyl (C=O) groups is 2. The molecule has 0 saturated heterocycles. The third-order valence-electron chi connectivity index (χ3n) is 5.62. The van der Waals surface area contributed by atoms with Gasteiger partial charge in [-0.15, -0.1) is 0 Å². The Hall–Kier alpha value is -3.94. The Labute approximate surface area is 197 Å². The van der Waals surface area contributed by atoms with Crippen LogP contribution in [0.25, 0.3) is 10.8 Å². The molecule has 0 spiro atoms. The van der Waals surface area contributed by atoms with Crippen molar-refractivity contribution in [2.75, 3.05) is 18.1 Å². The highest BCUT2D eigenvalue weighted by molar-refractivity contribution is 6.11. The molecular weight excluding hydrogens is 436 g/mol. The van der Waals surface area contributed by atoms with Gasteiger partial charge in [-0.25, -0.2) is 0 Å². The first kappa shape index (κ1) is 24.7. The van der Waals surface area contributed by atoms with Crippen molar-refractivity contribution >= 4 is 34.0 Å². The van der Waals surface area contributed by atoms with E-state index in [4.69, 9.17) is 9.84 Å². The zero-order valence-corrected chi connectivity index (χ0v) is 19.3. The van der Waals surface area contributed by atoms with E-state index in [2.05, 4.69) is 0 Å². The number of nitro groups is 1. The van der Waals surface area contributed by atoms with Crippen molar-refractivity contribution in [1.82, 2.24) is 0 Å². The molecule has 1 N–H and O–H groups in total. The summed E-state index contributed by atoms with van der Waals surface area (Å²) in [5.41, 5.74) is 1.27. The summed E-state index contributed by atoms with van der Waals surface area (Å²) in [4.78, 5) is 37.0. The van der Waals surface area contributed by atoms with Crippen LogP contribution in [0.2, 0.25) is 0 Å². The quantitative estimate of drug-likeness (QED) is 0.220. The number of unbranched alkanes of at least 4 members (excludes halogenated alkanes) is 2. The van der Waals surface area contributed by atoms with Gasteiger partial charge in [-0.1, -0.05) is 36.8 Å². The number of aliphatic carboxylic acids is 1. The molecule has 0 saturated carbocycles. The first-order valence-corrected chi connectivity index (χ1v) is 11.3. The Morgan fingerprint density at radius 2 is 1.76 bits per heavy atom. The van der Waals surface area contributed by atoms with Crippen LogP contribution in [0.15, 0.2) is 54.6 Å². The maximum absolute atomic E-state index is 13.6. The number of ether oxygens (including phenoxy) is 1. The maximum atomic E-state index is 13.6. The standard InChI is InChI=1S/C26H28N2O6/c1-3-34-24-15-14-22(20-9-6-7-10-21(20)24)27(16-8-4-5-11-25(29)30)26(31)19-13-12-18(2)23(17-19)28(32)33/h6-7,9-10,12-15,17H,3-5,8,11,16H2,1-2H3,(H,29,30). The van der Waals surface area contributed by atoms with Crippen LogP contribution in [-0.4, -0.2) is 35.1 Å². The molecule has 8 heteroatoms. The lowest BCUT2D eigenvalue weighted by atomic mass is 10.0. The zero-order valence-electron chi connectivity index (χ0n) is 19.3. The normalized spacial score (nSPS) is 10.8. The average molecular weight is 465 g/mol. The fourth-order valence-electron chi connectivity index (χ4n) is 3.92. The fourth-order valence-corrected chi connectivity index (χ4v) is 3.92. The van der Waals surface area contributed by atoms with Crippen LogP contribution < -0.4 is 9.64 Å². The number of hydrogen-bond acceptors (Lipinski definition) is 5. The van der Waals surface area contributed by atoms with Crippen molar-refractivity contribution in [3.63, 3.8) is 0 Å². The first-order valence-electron chi connectivity index (χ1n) is 11.3. The van der Waals surface area contributed by atoms with Crippen molar-refractivity contribution in [3.8, 4) is 5.75 Å². The number of anilines is 1. The fraction of sp³-hybridized carbons (Fsp3) is 0.308. The predicted octanol–water partition coefficient (Wildman–Crippen LogP) is 5.75. The molecule has 0 bridgehead atoms. The molecule has 0 heterocycles. The van der Waals surface area contributed by atoms with E-state index in [0.717, 1.165) is 10.8 Å². The predicted molar refractivity (Wildman–Crippen MR) is 131 cm³/mol. The van der Waals surface area contributed by atoms with Crippen LogP contribution in [-0.2, 0) is 4.79 Å². The van der Waals surface area contributed by atoms with Crippen LogP contribution in [0, 0.1) is 17.0 Å². The summed E-state index contributed by atoms with van der Waals surface area (Å²) in [6, 6.07) is 15.8. The number of fused-ring (bicyclic) bond motifs is 1. The van der Waals surface area contributed by atoms with Gasteiger partial charge < -0.3 is 14.7 Å². The molecule has 0 unspecified atom stereocenters. The van der Waals surface area contributed by atoms with Gasteiger partial charge in [0, 0.05) is 40.9 Å². The van der Waals surface area contributed by atoms with Crippen LogP contribution in [0.4, 0.5) is 11.4 Å². The number of carboxylic acid groups (broad SMARTS) is 1. The zero-order chi connectivity index (χ0) is 24.7. The van der Waals surface area contributed by atoms with Crippen LogP contribution in [0.3, 0.4) is 0 Å². The minimum atomic E-state index is -0.850. The lowest BCUT2D eigenvalue weighted by Crippen LogP contribution is -2.32. The largest absolute Gasteiger partial charge is 0.493 e. The number of rotatable bonds is 11. The van der Waals surface area contributed by atoms with Gasteiger partial charge in [0.1, 0.15) is 5.75 Å². The van der Waals surface area contributed by atoms with Crippen molar-refractivity contribution < 1.29 is 24.4 Å². The second kappa shape index (κ2) is 11.3. The molecule has 3 aromatic carbocycles. The molecule has 8 nitrogen and oxygen atoms in total. The Morgan fingerprint density at radius 1 is 1.03 bits per heavy atom. The van der Waals surface area contributed by atoms with Crippen LogP contribution in [0.5, 0.6) is 5.75 Å². The summed E-state index contributed by atoms with van der Waals surface area (Å²) < 4.78 is 5.76. The van der Waals surface area contributed by atoms with Gasteiger partial charge in [0.25, 0.3) is 11.6 Å². The molecule has 0 radical (unpaired) electrons. The lowest BCUT2D eigenvalue weighted by molar-refractivity contribution is -0.385. The molecule has 3 aromatic rings. The number of carbonyl (C=O) groups excluding carboxylic acids is 1. The monoisotopic (exact) mass is 464 g/mol. The lowest BCUT2D eigenvalue weighted by Gasteiger charge is -2.25. The summed E-state index contributed by atoms with van der Waals surface area (Å²) in [7, 11) is 0. The van der Waals surface area contributed by atoms with Crippen molar-refractivity contribution in [2.45, 2.75) is 39.5 Å². The Kier molecular flexibility index (Phi) is 8.19. The smallest absolute Gasteiger partial charge is 0.303 e. The van der Waals surface area contributed by atoms with Gasteiger partial charge in [0.2, 0.25) is 0 Å². The summed E-state index contributed by atoms with van der Waals surface area (Å²) in [5.74, 6) is -0.491. The SMILES string of the molecule is CCOc1ccc(N(CCCCCC(=O)O)C(=O)c2ccc(C)c([N+](=O)[O-])c2)c2ccccc12. The molecule has 0 aliphatic heterocycles. The van der Waals surface area contributed by atoms with Gasteiger partial charge in [-0.05, 0) is 44.9 Å². The maximum Gasteiger partial charge on any atom is 0.303 e. The van der Waals surface area contributed by atoms with E-state index in [-0.39, 0.29) is 23.6 Å². The molecule has 0 aliphatic rings. The third-order valence-corrected chi connectivity index (χ3v) is 5.62. The average Bonchev–Trinajstić information content (AvgIpc) is 2.82. The van der Waals surface area contributed by atoms with E-state index in [9.17, 15) is 19.7 Å². The minimum Gasteiger partial charge on any atom is -0.493 e. The number of benzene rings is 3. The van der Waals surface area contributed by atoms with E-state index in [0.29, 0.717) is 49.4 Å². The second-order valence-corrected chi connectivity index (χ2v) is 7.98.